The molecule has 0 aromatic carbocycles. The Labute approximate surface area is 131 Å². The molecule has 0 bridgehead atoms. The van der Waals surface area contributed by atoms with Crippen LogP contribution in [0.5, 0.6) is 0 Å². The van der Waals surface area contributed by atoms with Gasteiger partial charge in [0.2, 0.25) is 0 Å². The molecule has 0 atom stereocenters. The van der Waals surface area contributed by atoms with Gasteiger partial charge in [0.15, 0.2) is 0 Å². The summed E-state index contributed by atoms with van der Waals surface area (Å²) in [6, 6.07) is 0. The van der Waals surface area contributed by atoms with E-state index in [0.717, 1.165) is 78.5 Å². The largest absolute Gasteiger partial charge is 0.314 e. The lowest BCUT2D eigenvalue weighted by Crippen LogP contribution is -2.41. The van der Waals surface area contributed by atoms with Crippen LogP contribution in [0.4, 0.5) is 0 Å². The van der Waals surface area contributed by atoms with Crippen LogP contribution in [-0.2, 0) is 0 Å². The molecule has 0 aromatic heterocycles. The first-order valence-electron chi connectivity index (χ1n) is 8.36. The third-order valence-corrected chi connectivity index (χ3v) is 4.02. The van der Waals surface area contributed by atoms with Crippen molar-refractivity contribution in [3.63, 3.8) is 0 Å². The summed E-state index contributed by atoms with van der Waals surface area (Å²) in [6.45, 7) is 13.2. The van der Waals surface area contributed by atoms with Crippen molar-refractivity contribution in [3.8, 4) is 0 Å². The molecule has 1 aliphatic rings. The van der Waals surface area contributed by atoms with Crippen molar-refractivity contribution in [2.45, 2.75) is 0 Å². The van der Waals surface area contributed by atoms with Gasteiger partial charge in [-0.3, -0.25) is 0 Å². The smallest absolute Gasteiger partial charge is 0.0107 e. The Kier molecular flexibility index (Phi) is 11.0. The fraction of sp³-hybridized carbons (Fsp3) is 1.00. The van der Waals surface area contributed by atoms with E-state index in [4.69, 9.17) is 0 Å². The predicted octanol–water partition coefficient (Wildman–Crippen LogP) is -1.44. The average Bonchev–Trinajstić information content (AvgIpc) is 2.47. The summed E-state index contributed by atoms with van der Waals surface area (Å²) in [5.74, 6) is 0. The summed E-state index contributed by atoms with van der Waals surface area (Å²) < 4.78 is 0. The van der Waals surface area contributed by atoms with Gasteiger partial charge < -0.3 is 30.7 Å². The van der Waals surface area contributed by atoms with Gasteiger partial charge in [-0.15, -0.1) is 0 Å². The molecule has 0 unspecified atom stereocenters. The first-order valence-corrected chi connectivity index (χ1v) is 8.36. The molecule has 1 fully saturated rings. The van der Waals surface area contributed by atoms with E-state index < -0.39 is 0 Å². The van der Waals surface area contributed by atoms with Crippen molar-refractivity contribution < 1.29 is 0 Å². The molecule has 1 rings (SSSR count). The lowest BCUT2D eigenvalue weighted by atomic mass is 10.4. The highest BCUT2D eigenvalue weighted by Crippen LogP contribution is 1.89. The van der Waals surface area contributed by atoms with Gasteiger partial charge in [0, 0.05) is 78.5 Å². The second kappa shape index (κ2) is 12.3. The molecule has 1 saturated heterocycles. The summed E-state index contributed by atoms with van der Waals surface area (Å²) >= 11 is 0. The number of hydrogen-bond donors (Lipinski definition) is 3. The van der Waals surface area contributed by atoms with Crippen LogP contribution >= 0.6 is 0 Å². The Bertz CT molecular complexity index is 216. The highest BCUT2D eigenvalue weighted by molar-refractivity contribution is 4.63. The first-order chi connectivity index (χ1) is 10.2. The van der Waals surface area contributed by atoms with Crippen LogP contribution in [0.25, 0.3) is 0 Å². The van der Waals surface area contributed by atoms with Crippen LogP contribution in [0.2, 0.25) is 0 Å². The maximum atomic E-state index is 3.49. The monoisotopic (exact) mass is 300 g/mol. The van der Waals surface area contributed by atoms with Crippen LogP contribution in [-0.4, -0.2) is 114 Å². The zero-order valence-electron chi connectivity index (χ0n) is 14.3. The zero-order chi connectivity index (χ0) is 15.3. The minimum absolute atomic E-state index is 1.05. The molecule has 6 heteroatoms. The Morgan fingerprint density at radius 3 is 1.10 bits per heavy atom. The average molecular weight is 300 g/mol. The number of likely N-dealkylation sites (N-methyl/N-ethyl adjacent to an activating group) is 3. The summed E-state index contributed by atoms with van der Waals surface area (Å²) in [4.78, 5) is 7.25. The zero-order valence-corrected chi connectivity index (χ0v) is 14.3. The van der Waals surface area contributed by atoms with Gasteiger partial charge in [0.25, 0.3) is 0 Å². The van der Waals surface area contributed by atoms with Gasteiger partial charge >= 0.3 is 0 Å². The van der Waals surface area contributed by atoms with Crippen molar-refractivity contribution in [1.29, 1.82) is 0 Å². The third-order valence-electron chi connectivity index (χ3n) is 4.02. The fourth-order valence-electron chi connectivity index (χ4n) is 2.29. The van der Waals surface area contributed by atoms with Crippen LogP contribution < -0.4 is 16.0 Å². The van der Waals surface area contributed by atoms with Crippen LogP contribution in [0.3, 0.4) is 0 Å². The molecule has 0 spiro atoms. The molecule has 1 aliphatic heterocycles. The maximum absolute atomic E-state index is 3.49. The molecule has 6 nitrogen and oxygen atoms in total. The minimum atomic E-state index is 1.05. The summed E-state index contributed by atoms with van der Waals surface area (Å²) in [6.07, 6.45) is 0. The Balaban J connectivity index is 2.26. The van der Waals surface area contributed by atoms with E-state index in [1.54, 1.807) is 0 Å². The van der Waals surface area contributed by atoms with Crippen molar-refractivity contribution in [2.24, 2.45) is 0 Å². The lowest BCUT2D eigenvalue weighted by Gasteiger charge is -2.25. The Morgan fingerprint density at radius 2 is 0.714 bits per heavy atom. The Hall–Kier alpha value is -0.240. The van der Waals surface area contributed by atoms with E-state index in [1.165, 1.54) is 0 Å². The van der Waals surface area contributed by atoms with Crippen LogP contribution in [0, 0.1) is 0 Å². The SMILES string of the molecule is CN1CCNCCNCCNCCN(C)CCN(C)CC1. The van der Waals surface area contributed by atoms with Crippen molar-refractivity contribution in [2.75, 3.05) is 99.7 Å². The molecular formula is C15H36N6. The minimum Gasteiger partial charge on any atom is -0.314 e. The van der Waals surface area contributed by atoms with Gasteiger partial charge in [-0.2, -0.15) is 0 Å². The number of hydrogen-bond acceptors (Lipinski definition) is 6. The number of nitrogens with one attached hydrogen (secondary N) is 3. The molecular weight excluding hydrogens is 264 g/mol. The van der Waals surface area contributed by atoms with Gasteiger partial charge in [-0.1, -0.05) is 0 Å². The second-order valence-electron chi connectivity index (χ2n) is 6.16. The first kappa shape index (κ1) is 18.8. The second-order valence-corrected chi connectivity index (χ2v) is 6.16. The molecule has 0 aliphatic carbocycles. The topological polar surface area (TPSA) is 45.8 Å². The van der Waals surface area contributed by atoms with E-state index in [-0.39, 0.29) is 0 Å². The molecule has 21 heavy (non-hydrogen) atoms. The number of nitrogens with zero attached hydrogens (tertiary/aromatic N) is 3. The van der Waals surface area contributed by atoms with E-state index in [1.807, 2.05) is 0 Å². The molecule has 3 N–H and O–H groups in total. The predicted molar refractivity (Wildman–Crippen MR) is 91.1 cm³/mol. The molecule has 1 heterocycles. The van der Waals surface area contributed by atoms with Crippen LogP contribution in [0.15, 0.2) is 0 Å². The fourth-order valence-corrected chi connectivity index (χ4v) is 2.29. The quantitative estimate of drug-likeness (QED) is 0.510. The van der Waals surface area contributed by atoms with E-state index in [9.17, 15) is 0 Å². The normalized spacial score (nSPS) is 25.3. The van der Waals surface area contributed by atoms with Crippen LogP contribution in [0.1, 0.15) is 0 Å². The molecule has 0 saturated carbocycles. The van der Waals surface area contributed by atoms with E-state index in [0.29, 0.717) is 0 Å². The number of rotatable bonds is 0. The van der Waals surface area contributed by atoms with Gasteiger partial charge in [-0.25, -0.2) is 0 Å². The molecule has 0 radical (unpaired) electrons. The van der Waals surface area contributed by atoms with E-state index in [2.05, 4.69) is 51.8 Å². The summed E-state index contributed by atoms with van der Waals surface area (Å²) in [7, 11) is 6.65. The maximum Gasteiger partial charge on any atom is 0.0107 e. The third kappa shape index (κ3) is 11.0. The summed E-state index contributed by atoms with van der Waals surface area (Å²) in [5, 5.41) is 10.4. The van der Waals surface area contributed by atoms with E-state index >= 15 is 0 Å². The van der Waals surface area contributed by atoms with Crippen molar-refractivity contribution in [3.05, 3.63) is 0 Å². The lowest BCUT2D eigenvalue weighted by molar-refractivity contribution is 0.226. The standard InChI is InChI=1S/C15H36N6/c1-19-10-8-17-6-4-16-5-7-18-9-11-20(2)13-15-21(3)14-12-19/h16-18H,4-15H2,1-3H3. The molecule has 0 aromatic rings. The van der Waals surface area contributed by atoms with Gasteiger partial charge in [0.1, 0.15) is 0 Å². The molecule has 126 valence electrons. The summed E-state index contributed by atoms with van der Waals surface area (Å²) in [5.41, 5.74) is 0. The van der Waals surface area contributed by atoms with Gasteiger partial charge in [0.05, 0.1) is 0 Å². The van der Waals surface area contributed by atoms with Gasteiger partial charge in [-0.05, 0) is 21.1 Å². The highest BCUT2D eigenvalue weighted by atomic mass is 15.2. The van der Waals surface area contributed by atoms with Crippen molar-refractivity contribution in [1.82, 2.24) is 30.7 Å². The molecule has 0 amide bonds. The Morgan fingerprint density at radius 1 is 0.429 bits per heavy atom. The highest BCUT2D eigenvalue weighted by Gasteiger charge is 2.04. The van der Waals surface area contributed by atoms with Crippen molar-refractivity contribution >= 4 is 0 Å².